The molecule has 0 atom stereocenters. The molecule has 0 radical (unpaired) electrons. The molecule has 0 bridgehead atoms. The summed E-state index contributed by atoms with van der Waals surface area (Å²) < 4.78 is 5.61. The maximum atomic E-state index is 5.61. The molecule has 0 amide bonds. The molecule has 2 rings (SSSR count). The van der Waals surface area contributed by atoms with Gasteiger partial charge in [0.05, 0.1) is 11.8 Å². The quantitative estimate of drug-likeness (QED) is 0.809. The molecule has 0 saturated heterocycles. The van der Waals surface area contributed by atoms with Crippen molar-refractivity contribution in [1.82, 2.24) is 9.97 Å². The normalized spacial score (nSPS) is 10.6. The summed E-state index contributed by atoms with van der Waals surface area (Å²) in [5.74, 6) is 1.35. The minimum atomic E-state index is 0.118. The first-order chi connectivity index (χ1) is 8.15. The molecule has 0 spiro atoms. The lowest BCUT2D eigenvalue weighted by molar-refractivity contribution is 0.232. The number of benzene rings is 1. The van der Waals surface area contributed by atoms with Crippen LogP contribution in [0.15, 0.2) is 36.4 Å². The molecule has 2 aromatic rings. The second kappa shape index (κ2) is 4.95. The second-order valence-electron chi connectivity index (χ2n) is 4.17. The first kappa shape index (κ1) is 11.6. The summed E-state index contributed by atoms with van der Waals surface area (Å²) in [6, 6.07) is 11.9. The fourth-order valence-corrected chi connectivity index (χ4v) is 1.60. The number of nitrogens with zero attached hydrogens (tertiary/aromatic N) is 2. The summed E-state index contributed by atoms with van der Waals surface area (Å²) in [4.78, 5) is 8.69. The monoisotopic (exact) mass is 228 g/mol. The Hall–Kier alpha value is -1.90. The third-order valence-electron chi connectivity index (χ3n) is 2.24. The van der Waals surface area contributed by atoms with Crippen LogP contribution in [0.2, 0.25) is 0 Å². The van der Waals surface area contributed by atoms with E-state index in [1.165, 1.54) is 0 Å². The van der Waals surface area contributed by atoms with E-state index in [0.29, 0.717) is 5.88 Å². The molecule has 1 aromatic heterocycles. The minimum Gasteiger partial charge on any atom is -0.475 e. The third-order valence-corrected chi connectivity index (χ3v) is 2.24. The number of hydrogen-bond acceptors (Lipinski definition) is 3. The van der Waals surface area contributed by atoms with Gasteiger partial charge in [0.2, 0.25) is 5.88 Å². The molecule has 3 nitrogen and oxygen atoms in total. The fourth-order valence-electron chi connectivity index (χ4n) is 1.60. The highest BCUT2D eigenvalue weighted by Gasteiger charge is 2.06. The van der Waals surface area contributed by atoms with Gasteiger partial charge in [0.15, 0.2) is 0 Å². The zero-order valence-corrected chi connectivity index (χ0v) is 10.3. The van der Waals surface area contributed by atoms with Gasteiger partial charge in [-0.25, -0.2) is 4.98 Å². The van der Waals surface area contributed by atoms with E-state index >= 15 is 0 Å². The van der Waals surface area contributed by atoms with E-state index in [-0.39, 0.29) is 6.10 Å². The van der Waals surface area contributed by atoms with E-state index in [1.54, 1.807) is 0 Å². The fraction of sp³-hybridized carbons (Fsp3) is 0.286. The summed E-state index contributed by atoms with van der Waals surface area (Å²) in [5, 5.41) is 0. The van der Waals surface area contributed by atoms with E-state index in [2.05, 4.69) is 9.97 Å². The third kappa shape index (κ3) is 3.03. The van der Waals surface area contributed by atoms with E-state index in [4.69, 9.17) is 4.74 Å². The highest BCUT2D eigenvalue weighted by molar-refractivity contribution is 5.59. The molecule has 0 saturated carbocycles. The van der Waals surface area contributed by atoms with Crippen molar-refractivity contribution in [3.63, 3.8) is 0 Å². The highest BCUT2D eigenvalue weighted by atomic mass is 16.5. The molecule has 1 heterocycles. The molecule has 17 heavy (non-hydrogen) atoms. The van der Waals surface area contributed by atoms with Crippen molar-refractivity contribution >= 4 is 0 Å². The Labute approximate surface area is 102 Å². The highest BCUT2D eigenvalue weighted by Crippen LogP contribution is 2.21. The van der Waals surface area contributed by atoms with Gasteiger partial charge in [0, 0.05) is 11.6 Å². The average molecular weight is 228 g/mol. The van der Waals surface area contributed by atoms with Gasteiger partial charge in [0.1, 0.15) is 5.82 Å². The van der Waals surface area contributed by atoms with E-state index in [9.17, 15) is 0 Å². The Morgan fingerprint density at radius 2 is 1.76 bits per heavy atom. The van der Waals surface area contributed by atoms with Crippen LogP contribution in [0.3, 0.4) is 0 Å². The molecule has 1 aromatic carbocycles. The van der Waals surface area contributed by atoms with Crippen LogP contribution < -0.4 is 4.74 Å². The largest absolute Gasteiger partial charge is 0.475 e. The van der Waals surface area contributed by atoms with Crippen molar-refractivity contribution in [3.05, 3.63) is 42.2 Å². The molecule has 0 unspecified atom stereocenters. The zero-order chi connectivity index (χ0) is 12.3. The van der Waals surface area contributed by atoms with Crippen molar-refractivity contribution in [1.29, 1.82) is 0 Å². The minimum absolute atomic E-state index is 0.118. The number of aromatic nitrogens is 2. The molecule has 88 valence electrons. The van der Waals surface area contributed by atoms with Crippen molar-refractivity contribution in [2.75, 3.05) is 0 Å². The Balaban J connectivity index is 2.38. The van der Waals surface area contributed by atoms with Crippen molar-refractivity contribution < 1.29 is 4.74 Å². The molecular weight excluding hydrogens is 212 g/mol. The van der Waals surface area contributed by atoms with E-state index in [1.807, 2.05) is 57.2 Å². The number of aryl methyl sites for hydroxylation is 1. The molecule has 3 heteroatoms. The van der Waals surface area contributed by atoms with Crippen LogP contribution in [0.25, 0.3) is 11.3 Å². The Kier molecular flexibility index (Phi) is 3.38. The van der Waals surface area contributed by atoms with Gasteiger partial charge in [0.25, 0.3) is 0 Å². The SMILES string of the molecule is Cc1nc(OC(C)C)cc(-c2ccccc2)n1. The maximum Gasteiger partial charge on any atom is 0.217 e. The van der Waals surface area contributed by atoms with Gasteiger partial charge in [-0.05, 0) is 20.8 Å². The summed E-state index contributed by atoms with van der Waals surface area (Å²) in [7, 11) is 0. The Morgan fingerprint density at radius 1 is 1.06 bits per heavy atom. The van der Waals surface area contributed by atoms with Crippen molar-refractivity contribution in [3.8, 4) is 17.1 Å². The van der Waals surface area contributed by atoms with Gasteiger partial charge < -0.3 is 4.74 Å². The first-order valence-electron chi connectivity index (χ1n) is 5.73. The summed E-state index contributed by atoms with van der Waals surface area (Å²) >= 11 is 0. The standard InChI is InChI=1S/C14H16N2O/c1-10(2)17-14-9-13(15-11(3)16-14)12-7-5-4-6-8-12/h4-10H,1-3H3. The van der Waals surface area contributed by atoms with Crippen LogP contribution in [0.1, 0.15) is 19.7 Å². The molecule has 0 aliphatic rings. The van der Waals surface area contributed by atoms with Crippen LogP contribution in [0, 0.1) is 6.92 Å². The molecule has 0 aliphatic carbocycles. The predicted molar refractivity (Wildman–Crippen MR) is 68.0 cm³/mol. The first-order valence-corrected chi connectivity index (χ1v) is 5.73. The van der Waals surface area contributed by atoms with Gasteiger partial charge in [-0.3, -0.25) is 0 Å². The van der Waals surface area contributed by atoms with Gasteiger partial charge >= 0.3 is 0 Å². The lowest BCUT2D eigenvalue weighted by Gasteiger charge is -2.10. The number of rotatable bonds is 3. The Bertz CT molecular complexity index is 495. The van der Waals surface area contributed by atoms with Crippen LogP contribution in [-0.2, 0) is 0 Å². The zero-order valence-electron chi connectivity index (χ0n) is 10.3. The van der Waals surface area contributed by atoms with Crippen LogP contribution in [-0.4, -0.2) is 16.1 Å². The molecule has 0 N–H and O–H groups in total. The van der Waals surface area contributed by atoms with Gasteiger partial charge in [-0.15, -0.1) is 0 Å². The average Bonchev–Trinajstić information content (AvgIpc) is 2.28. The Morgan fingerprint density at radius 3 is 2.41 bits per heavy atom. The summed E-state index contributed by atoms with van der Waals surface area (Å²) in [6.45, 7) is 5.85. The van der Waals surface area contributed by atoms with Crippen LogP contribution in [0.5, 0.6) is 5.88 Å². The number of ether oxygens (including phenoxy) is 1. The second-order valence-corrected chi connectivity index (χ2v) is 4.17. The van der Waals surface area contributed by atoms with Crippen LogP contribution >= 0.6 is 0 Å². The van der Waals surface area contributed by atoms with Crippen molar-refractivity contribution in [2.45, 2.75) is 26.9 Å². The van der Waals surface area contributed by atoms with Gasteiger partial charge in [-0.1, -0.05) is 30.3 Å². The van der Waals surface area contributed by atoms with E-state index < -0.39 is 0 Å². The van der Waals surface area contributed by atoms with E-state index in [0.717, 1.165) is 17.1 Å². The lowest BCUT2D eigenvalue weighted by atomic mass is 10.1. The smallest absolute Gasteiger partial charge is 0.217 e. The lowest BCUT2D eigenvalue weighted by Crippen LogP contribution is -2.08. The maximum absolute atomic E-state index is 5.61. The topological polar surface area (TPSA) is 35.0 Å². The summed E-state index contributed by atoms with van der Waals surface area (Å²) in [5.41, 5.74) is 1.97. The molecular formula is C14H16N2O. The molecule has 0 fully saturated rings. The van der Waals surface area contributed by atoms with Crippen molar-refractivity contribution in [2.24, 2.45) is 0 Å². The predicted octanol–water partition coefficient (Wildman–Crippen LogP) is 3.24. The molecule has 0 aliphatic heterocycles. The van der Waals surface area contributed by atoms with Crippen LogP contribution in [0.4, 0.5) is 0 Å². The summed E-state index contributed by atoms with van der Waals surface area (Å²) in [6.07, 6.45) is 0.118. The number of hydrogen-bond donors (Lipinski definition) is 0. The van der Waals surface area contributed by atoms with Gasteiger partial charge in [-0.2, -0.15) is 4.98 Å².